The van der Waals surface area contributed by atoms with Gasteiger partial charge in [-0.2, -0.15) is 0 Å². The molecule has 0 saturated heterocycles. The van der Waals surface area contributed by atoms with Crippen molar-refractivity contribution in [1.29, 1.82) is 0 Å². The van der Waals surface area contributed by atoms with E-state index in [0.29, 0.717) is 11.2 Å². The minimum atomic E-state index is 0.103. The van der Waals surface area contributed by atoms with Gasteiger partial charge in [0, 0.05) is 33.7 Å². The number of benzene rings is 4. The molecule has 0 radical (unpaired) electrons. The van der Waals surface area contributed by atoms with Gasteiger partial charge in [0.05, 0.1) is 0 Å². The highest BCUT2D eigenvalue weighted by Gasteiger charge is 2.19. The van der Waals surface area contributed by atoms with Crippen LogP contribution in [0.25, 0.3) is 55.0 Å². The quantitative estimate of drug-likeness (QED) is 0.346. The number of hydrogen-bond donors (Lipinski definition) is 2. The highest BCUT2D eigenvalue weighted by molar-refractivity contribution is 6.19. The highest BCUT2D eigenvalue weighted by atomic mass is 16.3. The standard InChI is InChI=1S/C24H14O4/c25-13-9-17(23-15-5-1-3-7-19(15)27-21(23)11-13)18-10-14(26)12-22-24(18)16-6-2-4-8-20(16)28-22/h1-12,25-26H. The largest absolute Gasteiger partial charge is 0.508 e. The smallest absolute Gasteiger partial charge is 0.139 e. The SMILES string of the molecule is Oc1cc(-c2cc(O)cc3oc4ccccc4c23)c2c(c1)oc1ccccc12. The van der Waals surface area contributed by atoms with Crippen LogP contribution in [-0.2, 0) is 0 Å². The fraction of sp³-hybridized carbons (Fsp3) is 0. The molecular weight excluding hydrogens is 352 g/mol. The summed E-state index contributed by atoms with van der Waals surface area (Å²) in [5, 5.41) is 24.4. The van der Waals surface area contributed by atoms with Crippen LogP contribution in [-0.4, -0.2) is 10.2 Å². The number of phenolic OH excluding ortho intramolecular Hbond substituents is 2. The van der Waals surface area contributed by atoms with Crippen LogP contribution in [0.1, 0.15) is 0 Å². The van der Waals surface area contributed by atoms with E-state index in [2.05, 4.69) is 0 Å². The lowest BCUT2D eigenvalue weighted by atomic mass is 9.95. The van der Waals surface area contributed by atoms with Gasteiger partial charge in [0.15, 0.2) is 0 Å². The molecule has 4 aromatic carbocycles. The lowest BCUT2D eigenvalue weighted by Crippen LogP contribution is -1.83. The van der Waals surface area contributed by atoms with Crippen LogP contribution in [0.15, 0.2) is 81.6 Å². The zero-order valence-electron chi connectivity index (χ0n) is 14.6. The van der Waals surface area contributed by atoms with Gasteiger partial charge >= 0.3 is 0 Å². The molecule has 2 N–H and O–H groups in total. The first-order valence-corrected chi connectivity index (χ1v) is 8.98. The van der Waals surface area contributed by atoms with E-state index < -0.39 is 0 Å². The number of aromatic hydroxyl groups is 2. The van der Waals surface area contributed by atoms with E-state index in [1.807, 2.05) is 48.5 Å². The van der Waals surface area contributed by atoms with Crippen molar-refractivity contribution in [1.82, 2.24) is 0 Å². The normalized spacial score (nSPS) is 11.9. The molecule has 2 aromatic heterocycles. The molecule has 0 aliphatic carbocycles. The van der Waals surface area contributed by atoms with Crippen molar-refractivity contribution < 1.29 is 19.0 Å². The molecule has 4 heteroatoms. The monoisotopic (exact) mass is 366 g/mol. The molecule has 0 unspecified atom stereocenters. The van der Waals surface area contributed by atoms with Crippen LogP contribution in [0.2, 0.25) is 0 Å². The molecule has 0 aliphatic heterocycles. The number of hydrogen-bond acceptors (Lipinski definition) is 4. The molecule has 2 heterocycles. The van der Waals surface area contributed by atoms with Crippen LogP contribution < -0.4 is 0 Å². The van der Waals surface area contributed by atoms with E-state index in [4.69, 9.17) is 8.83 Å². The Labute approximate surface area is 158 Å². The second-order valence-corrected chi connectivity index (χ2v) is 6.93. The lowest BCUT2D eigenvalue weighted by molar-refractivity contribution is 0.473. The summed E-state index contributed by atoms with van der Waals surface area (Å²) in [6, 6.07) is 22.2. The first kappa shape index (κ1) is 15.2. The summed E-state index contributed by atoms with van der Waals surface area (Å²) < 4.78 is 11.9. The molecule has 0 spiro atoms. The van der Waals surface area contributed by atoms with Crippen molar-refractivity contribution in [3.8, 4) is 22.6 Å². The van der Waals surface area contributed by atoms with Gasteiger partial charge in [0.1, 0.15) is 33.8 Å². The third kappa shape index (κ3) is 2.00. The Bertz CT molecular complexity index is 1420. The van der Waals surface area contributed by atoms with Gasteiger partial charge < -0.3 is 19.0 Å². The summed E-state index contributed by atoms with van der Waals surface area (Å²) in [4.78, 5) is 0. The molecule has 0 amide bonds. The molecule has 28 heavy (non-hydrogen) atoms. The lowest BCUT2D eigenvalue weighted by Gasteiger charge is -2.08. The third-order valence-electron chi connectivity index (χ3n) is 5.22. The second-order valence-electron chi connectivity index (χ2n) is 6.93. The van der Waals surface area contributed by atoms with Gasteiger partial charge in [0.2, 0.25) is 0 Å². The Kier molecular flexibility index (Phi) is 2.87. The Morgan fingerprint density at radius 3 is 1.39 bits per heavy atom. The Morgan fingerprint density at radius 2 is 0.929 bits per heavy atom. The zero-order chi connectivity index (χ0) is 18.8. The van der Waals surface area contributed by atoms with E-state index in [9.17, 15) is 10.2 Å². The summed E-state index contributed by atoms with van der Waals surface area (Å²) in [5.74, 6) is 0.205. The van der Waals surface area contributed by atoms with Crippen LogP contribution in [0.3, 0.4) is 0 Å². The van der Waals surface area contributed by atoms with Crippen molar-refractivity contribution >= 4 is 43.9 Å². The third-order valence-corrected chi connectivity index (χ3v) is 5.22. The van der Waals surface area contributed by atoms with Gasteiger partial charge in [-0.15, -0.1) is 0 Å². The highest BCUT2D eigenvalue weighted by Crippen LogP contribution is 2.45. The summed E-state index contributed by atoms with van der Waals surface area (Å²) in [6.07, 6.45) is 0. The predicted octanol–water partition coefficient (Wildman–Crippen LogP) is 6.56. The van der Waals surface area contributed by atoms with E-state index in [1.54, 1.807) is 24.3 Å². The molecule has 0 saturated carbocycles. The molecule has 4 nitrogen and oxygen atoms in total. The van der Waals surface area contributed by atoms with Crippen molar-refractivity contribution in [2.45, 2.75) is 0 Å². The topological polar surface area (TPSA) is 66.7 Å². The van der Waals surface area contributed by atoms with Crippen LogP contribution >= 0.6 is 0 Å². The first-order chi connectivity index (χ1) is 13.7. The molecule has 6 aromatic rings. The summed E-state index contributed by atoms with van der Waals surface area (Å²) in [5.41, 5.74) is 4.26. The number of furan rings is 2. The molecule has 6 rings (SSSR count). The average Bonchev–Trinajstić information content (AvgIpc) is 3.24. The van der Waals surface area contributed by atoms with Gasteiger partial charge in [-0.3, -0.25) is 0 Å². The maximum Gasteiger partial charge on any atom is 0.139 e. The minimum absolute atomic E-state index is 0.103. The number of rotatable bonds is 1. The number of para-hydroxylation sites is 2. The van der Waals surface area contributed by atoms with Crippen LogP contribution in [0.5, 0.6) is 11.5 Å². The fourth-order valence-electron chi connectivity index (χ4n) is 4.10. The van der Waals surface area contributed by atoms with Gasteiger partial charge in [0.25, 0.3) is 0 Å². The van der Waals surface area contributed by atoms with E-state index in [1.165, 1.54) is 0 Å². The number of fused-ring (bicyclic) bond motifs is 6. The molecule has 0 atom stereocenters. The van der Waals surface area contributed by atoms with Gasteiger partial charge in [-0.1, -0.05) is 36.4 Å². The average molecular weight is 366 g/mol. The molecule has 134 valence electrons. The van der Waals surface area contributed by atoms with E-state index >= 15 is 0 Å². The van der Waals surface area contributed by atoms with Crippen LogP contribution in [0, 0.1) is 0 Å². The Hall–Kier alpha value is -3.92. The molecule has 0 fully saturated rings. The second kappa shape index (κ2) is 5.30. The molecule has 0 aliphatic rings. The summed E-state index contributed by atoms with van der Waals surface area (Å²) >= 11 is 0. The number of phenols is 2. The fourth-order valence-corrected chi connectivity index (χ4v) is 4.10. The van der Waals surface area contributed by atoms with Gasteiger partial charge in [-0.25, -0.2) is 0 Å². The molecular formula is C24H14O4. The maximum absolute atomic E-state index is 10.4. The van der Waals surface area contributed by atoms with Crippen LogP contribution in [0.4, 0.5) is 0 Å². The van der Waals surface area contributed by atoms with Crippen molar-refractivity contribution in [2.24, 2.45) is 0 Å². The Morgan fingerprint density at radius 1 is 0.500 bits per heavy atom. The Balaban J connectivity index is 1.85. The predicted molar refractivity (Wildman–Crippen MR) is 110 cm³/mol. The van der Waals surface area contributed by atoms with Crippen molar-refractivity contribution in [3.63, 3.8) is 0 Å². The molecule has 0 bridgehead atoms. The minimum Gasteiger partial charge on any atom is -0.508 e. The first-order valence-electron chi connectivity index (χ1n) is 8.98. The zero-order valence-corrected chi connectivity index (χ0v) is 14.6. The maximum atomic E-state index is 10.4. The summed E-state index contributed by atoms with van der Waals surface area (Å²) in [6.45, 7) is 0. The van der Waals surface area contributed by atoms with E-state index in [0.717, 1.165) is 43.8 Å². The van der Waals surface area contributed by atoms with Crippen molar-refractivity contribution in [3.05, 3.63) is 72.8 Å². The summed E-state index contributed by atoms with van der Waals surface area (Å²) in [7, 11) is 0. The van der Waals surface area contributed by atoms with Gasteiger partial charge in [-0.05, 0) is 35.4 Å². The van der Waals surface area contributed by atoms with E-state index in [-0.39, 0.29) is 11.5 Å². The van der Waals surface area contributed by atoms with Crippen molar-refractivity contribution in [2.75, 3.05) is 0 Å².